The van der Waals surface area contributed by atoms with Gasteiger partial charge in [-0.15, -0.1) is 0 Å². The van der Waals surface area contributed by atoms with Crippen molar-refractivity contribution in [3.05, 3.63) is 11.6 Å². The fourth-order valence-corrected chi connectivity index (χ4v) is 5.48. The summed E-state index contributed by atoms with van der Waals surface area (Å²) in [5, 5.41) is 1.02. The highest BCUT2D eigenvalue weighted by atomic mass is 32.2. The molecule has 2 saturated carbocycles. The topological polar surface area (TPSA) is 0 Å². The largest absolute Gasteiger partial charge is 0.158 e. The molecule has 3 atom stereocenters. The molecule has 3 unspecified atom stereocenters. The molecule has 0 radical (unpaired) electrons. The first kappa shape index (κ1) is 10.8. The third-order valence-corrected chi connectivity index (χ3v) is 6.09. The molecule has 2 heteroatoms. The van der Waals surface area contributed by atoms with Gasteiger partial charge in [-0.25, -0.2) is 0 Å². The van der Waals surface area contributed by atoms with Crippen LogP contribution >= 0.6 is 11.8 Å². The monoisotopic (exact) mass is 226 g/mol. The van der Waals surface area contributed by atoms with Crippen molar-refractivity contribution in [2.75, 3.05) is 5.75 Å². The highest BCUT2D eigenvalue weighted by molar-refractivity contribution is 7.99. The van der Waals surface area contributed by atoms with Crippen molar-refractivity contribution in [2.24, 2.45) is 11.8 Å². The first-order valence-corrected chi connectivity index (χ1v) is 8.58. The average Bonchev–Trinajstić information content (AvgIpc) is 2.76. The van der Waals surface area contributed by atoms with Crippen molar-refractivity contribution >= 4 is 22.0 Å². The molecule has 2 rings (SSSR count). The lowest BCUT2D eigenvalue weighted by atomic mass is 9.94. The number of fused-ring (bicyclic) bond motifs is 2. The van der Waals surface area contributed by atoms with Gasteiger partial charge in [0.15, 0.2) is 0 Å². The maximum Gasteiger partial charge on any atom is 0.00842 e. The third kappa shape index (κ3) is 2.11. The minimum Gasteiger partial charge on any atom is -0.158 e. The van der Waals surface area contributed by atoms with Crippen LogP contribution in [0.15, 0.2) is 11.6 Å². The van der Waals surface area contributed by atoms with Crippen LogP contribution in [0.1, 0.15) is 32.6 Å². The molecule has 0 heterocycles. The Kier molecular flexibility index (Phi) is 3.77. The lowest BCUT2D eigenvalue weighted by Crippen LogP contribution is -2.14. The Hall–Kier alpha value is 0.307. The predicted octanol–water partition coefficient (Wildman–Crippen LogP) is 2.64. The summed E-state index contributed by atoms with van der Waals surface area (Å²) in [6.07, 6.45) is 8.29. The van der Waals surface area contributed by atoms with Crippen molar-refractivity contribution in [2.45, 2.75) is 43.9 Å². The van der Waals surface area contributed by atoms with Crippen LogP contribution in [0.25, 0.3) is 0 Å². The zero-order valence-electron chi connectivity index (χ0n) is 9.46. The van der Waals surface area contributed by atoms with Gasteiger partial charge in [-0.2, -0.15) is 11.8 Å². The van der Waals surface area contributed by atoms with Gasteiger partial charge in [-0.3, -0.25) is 0 Å². The van der Waals surface area contributed by atoms with E-state index in [0.29, 0.717) is 0 Å². The summed E-state index contributed by atoms with van der Waals surface area (Å²) in [6, 6.07) is 1.49. The molecule has 0 aromatic heterocycles. The summed E-state index contributed by atoms with van der Waals surface area (Å²) in [7, 11) is 1.40. The van der Waals surface area contributed by atoms with Gasteiger partial charge < -0.3 is 0 Å². The SMILES string of the molecule is C/C=C1\CC2CC1CC2SCCC[SiH3]. The molecular weight excluding hydrogens is 204 g/mol. The van der Waals surface area contributed by atoms with E-state index in [4.69, 9.17) is 0 Å². The van der Waals surface area contributed by atoms with Crippen LogP contribution in [-0.4, -0.2) is 21.2 Å². The second kappa shape index (κ2) is 4.89. The Morgan fingerprint density at radius 3 is 2.93 bits per heavy atom. The summed E-state index contributed by atoms with van der Waals surface area (Å²) in [4.78, 5) is 0. The molecular formula is C12H22SSi. The molecule has 0 saturated heterocycles. The van der Waals surface area contributed by atoms with Crippen LogP contribution < -0.4 is 0 Å². The summed E-state index contributed by atoms with van der Waals surface area (Å²) in [5.41, 5.74) is 1.77. The molecule has 2 aliphatic carbocycles. The van der Waals surface area contributed by atoms with Crippen LogP contribution in [0.2, 0.25) is 6.04 Å². The zero-order valence-corrected chi connectivity index (χ0v) is 12.3. The lowest BCUT2D eigenvalue weighted by molar-refractivity contribution is 0.576. The highest BCUT2D eigenvalue weighted by Gasteiger charge is 2.42. The number of rotatable bonds is 4. The van der Waals surface area contributed by atoms with Crippen LogP contribution in [0.4, 0.5) is 0 Å². The van der Waals surface area contributed by atoms with Crippen molar-refractivity contribution < 1.29 is 0 Å². The summed E-state index contributed by atoms with van der Waals surface area (Å²) in [6.45, 7) is 2.22. The van der Waals surface area contributed by atoms with Crippen molar-refractivity contribution in [1.29, 1.82) is 0 Å². The van der Waals surface area contributed by atoms with Crippen molar-refractivity contribution in [3.8, 4) is 0 Å². The standard InChI is InChI=1S/C12H22SSi/c1-2-9-6-11-7-10(9)8-12(11)13-4-3-5-14/h2,10-12H,3-8H2,1,14H3/b9-2+. The molecule has 2 bridgehead atoms. The van der Waals surface area contributed by atoms with Crippen LogP contribution in [-0.2, 0) is 0 Å². The number of hydrogen-bond donors (Lipinski definition) is 0. The first-order valence-electron chi connectivity index (χ1n) is 6.11. The van der Waals surface area contributed by atoms with Crippen molar-refractivity contribution in [1.82, 2.24) is 0 Å². The summed E-state index contributed by atoms with van der Waals surface area (Å²) in [5.74, 6) is 3.46. The maximum absolute atomic E-state index is 2.38. The van der Waals surface area contributed by atoms with Crippen LogP contribution in [0.3, 0.4) is 0 Å². The van der Waals surface area contributed by atoms with Gasteiger partial charge >= 0.3 is 0 Å². The molecule has 0 amide bonds. The lowest BCUT2D eigenvalue weighted by Gasteiger charge is -2.22. The summed E-state index contributed by atoms with van der Waals surface area (Å²) < 4.78 is 0. The van der Waals surface area contributed by atoms with E-state index >= 15 is 0 Å². The molecule has 0 nitrogen and oxygen atoms in total. The average molecular weight is 226 g/mol. The van der Waals surface area contributed by atoms with Crippen molar-refractivity contribution in [3.63, 3.8) is 0 Å². The van der Waals surface area contributed by atoms with E-state index in [9.17, 15) is 0 Å². The smallest absolute Gasteiger partial charge is 0.00842 e. The maximum atomic E-state index is 2.38. The quantitative estimate of drug-likeness (QED) is 0.403. The molecule has 0 N–H and O–H groups in total. The highest BCUT2D eigenvalue weighted by Crippen LogP contribution is 2.52. The predicted molar refractivity (Wildman–Crippen MR) is 70.2 cm³/mol. The number of allylic oxidation sites excluding steroid dienone is 2. The van der Waals surface area contributed by atoms with Crippen LogP contribution in [0, 0.1) is 11.8 Å². The van der Waals surface area contributed by atoms with Gasteiger partial charge in [0.1, 0.15) is 0 Å². The molecule has 0 aromatic rings. The molecule has 80 valence electrons. The number of thioether (sulfide) groups is 1. The van der Waals surface area contributed by atoms with Gasteiger partial charge in [-0.1, -0.05) is 17.7 Å². The third-order valence-electron chi connectivity index (χ3n) is 3.85. The van der Waals surface area contributed by atoms with E-state index in [1.54, 1.807) is 5.57 Å². The van der Waals surface area contributed by atoms with E-state index in [0.717, 1.165) is 17.1 Å². The zero-order chi connectivity index (χ0) is 9.97. The van der Waals surface area contributed by atoms with Gasteiger partial charge in [0, 0.05) is 15.5 Å². The normalized spacial score (nSPS) is 38.6. The minimum absolute atomic E-state index is 0.985. The van der Waals surface area contributed by atoms with Gasteiger partial charge in [0.2, 0.25) is 0 Å². The van der Waals surface area contributed by atoms with Gasteiger partial charge in [0.25, 0.3) is 0 Å². The van der Waals surface area contributed by atoms with E-state index in [1.165, 1.54) is 47.7 Å². The first-order chi connectivity index (χ1) is 6.85. The molecule has 14 heavy (non-hydrogen) atoms. The second-order valence-corrected chi connectivity index (χ2v) is 7.11. The fraction of sp³-hybridized carbons (Fsp3) is 0.833. The van der Waals surface area contributed by atoms with Crippen LogP contribution in [0.5, 0.6) is 0 Å². The Labute approximate surface area is 95.3 Å². The van der Waals surface area contributed by atoms with Gasteiger partial charge in [-0.05, 0) is 50.2 Å². The molecule has 2 aliphatic rings. The number of hydrogen-bond acceptors (Lipinski definition) is 1. The Morgan fingerprint density at radius 1 is 1.50 bits per heavy atom. The molecule has 0 aromatic carbocycles. The Bertz CT molecular complexity index is 224. The summed E-state index contributed by atoms with van der Waals surface area (Å²) >= 11 is 2.28. The van der Waals surface area contributed by atoms with E-state index in [1.807, 2.05) is 0 Å². The fourth-order valence-electron chi connectivity index (χ4n) is 3.01. The molecule has 0 aliphatic heterocycles. The molecule has 0 spiro atoms. The Balaban J connectivity index is 1.79. The Morgan fingerprint density at radius 2 is 2.36 bits per heavy atom. The van der Waals surface area contributed by atoms with E-state index in [2.05, 4.69) is 24.8 Å². The van der Waals surface area contributed by atoms with Gasteiger partial charge in [0.05, 0.1) is 0 Å². The molecule has 2 fully saturated rings. The minimum atomic E-state index is 0.985. The van der Waals surface area contributed by atoms with E-state index in [-0.39, 0.29) is 0 Å². The van der Waals surface area contributed by atoms with E-state index < -0.39 is 0 Å². The second-order valence-electron chi connectivity index (χ2n) is 4.76.